The van der Waals surface area contributed by atoms with Crippen LogP contribution in [-0.2, 0) is 20.7 Å². The molecular weight excluding hydrogens is 450 g/mol. The van der Waals surface area contributed by atoms with Crippen LogP contribution in [0.1, 0.15) is 50.5 Å². The third-order valence-corrected chi connectivity index (χ3v) is 8.44. The van der Waals surface area contributed by atoms with E-state index in [9.17, 15) is 4.79 Å². The van der Waals surface area contributed by atoms with E-state index in [1.165, 1.54) is 29.7 Å². The zero-order chi connectivity index (χ0) is 24.3. The zero-order valence-electron chi connectivity index (χ0n) is 21.0. The van der Waals surface area contributed by atoms with E-state index in [1.807, 2.05) is 0 Å². The van der Waals surface area contributed by atoms with Crippen molar-refractivity contribution in [2.45, 2.75) is 63.5 Å². The summed E-state index contributed by atoms with van der Waals surface area (Å²) < 4.78 is 11.9. The molecule has 0 amide bonds. The normalized spacial score (nSPS) is 25.5. The standard InChI is InChI=1S/C30H37N3O3/c34-30(24-11-4-5-12-24)29(26-15-14-22-8-6-7-13-25(22)31-26)33-18-16-32(17-19-33)28-21-35-27(20-36-28)23-9-2-1-3-10-23/h1-2,6-9,13,20-21,24,26,29,31H,3-5,10-12,14-19H2. The van der Waals surface area contributed by atoms with Gasteiger partial charge < -0.3 is 19.7 Å². The molecule has 2 fully saturated rings. The Morgan fingerprint density at radius 2 is 1.81 bits per heavy atom. The Bertz CT molecular complexity index is 1090. The molecule has 5 aliphatic rings. The van der Waals surface area contributed by atoms with Gasteiger partial charge in [0.05, 0.1) is 6.04 Å². The third kappa shape index (κ3) is 4.83. The maximum Gasteiger partial charge on any atom is 0.231 e. The number of carbonyl (C=O) groups excluding carboxylic acids is 1. The Morgan fingerprint density at radius 3 is 2.56 bits per heavy atom. The lowest BCUT2D eigenvalue weighted by molar-refractivity contribution is -0.129. The summed E-state index contributed by atoms with van der Waals surface area (Å²) in [6.45, 7) is 3.33. The molecule has 1 aromatic rings. The highest BCUT2D eigenvalue weighted by atomic mass is 16.6. The van der Waals surface area contributed by atoms with Gasteiger partial charge in [0.1, 0.15) is 6.26 Å². The van der Waals surface area contributed by atoms with Crippen molar-refractivity contribution in [2.75, 3.05) is 31.5 Å². The van der Waals surface area contributed by atoms with E-state index in [4.69, 9.17) is 9.47 Å². The molecule has 3 aliphatic heterocycles. The molecule has 1 aromatic carbocycles. The van der Waals surface area contributed by atoms with Gasteiger partial charge in [-0.3, -0.25) is 9.69 Å². The average molecular weight is 488 g/mol. The second-order valence-electron chi connectivity index (χ2n) is 10.6. The first-order valence-electron chi connectivity index (χ1n) is 13.7. The van der Waals surface area contributed by atoms with Gasteiger partial charge >= 0.3 is 0 Å². The summed E-state index contributed by atoms with van der Waals surface area (Å²) in [7, 11) is 0. The molecule has 3 heterocycles. The van der Waals surface area contributed by atoms with Crippen molar-refractivity contribution in [1.29, 1.82) is 0 Å². The molecule has 1 saturated carbocycles. The Balaban J connectivity index is 1.12. The highest BCUT2D eigenvalue weighted by molar-refractivity contribution is 5.88. The number of allylic oxidation sites excluding steroid dienone is 4. The van der Waals surface area contributed by atoms with E-state index in [-0.39, 0.29) is 18.0 Å². The smallest absolute Gasteiger partial charge is 0.231 e. The third-order valence-electron chi connectivity index (χ3n) is 8.44. The summed E-state index contributed by atoms with van der Waals surface area (Å²) in [6, 6.07) is 8.64. The molecule has 6 rings (SSSR count). The molecule has 0 spiro atoms. The van der Waals surface area contributed by atoms with Crippen molar-refractivity contribution in [3.63, 3.8) is 0 Å². The summed E-state index contributed by atoms with van der Waals surface area (Å²) in [5, 5.41) is 3.76. The summed E-state index contributed by atoms with van der Waals surface area (Å²) in [4.78, 5) is 18.5. The molecule has 6 nitrogen and oxygen atoms in total. The number of hydrogen-bond acceptors (Lipinski definition) is 6. The minimum atomic E-state index is -0.0705. The van der Waals surface area contributed by atoms with Gasteiger partial charge in [0, 0.05) is 43.8 Å². The first-order chi connectivity index (χ1) is 17.8. The zero-order valence-corrected chi connectivity index (χ0v) is 21.0. The second kappa shape index (κ2) is 10.6. The van der Waals surface area contributed by atoms with Gasteiger partial charge in [0.25, 0.3) is 0 Å². The van der Waals surface area contributed by atoms with Crippen LogP contribution < -0.4 is 5.32 Å². The topological polar surface area (TPSA) is 54.0 Å². The van der Waals surface area contributed by atoms with Crippen LogP contribution in [-0.4, -0.2) is 53.8 Å². The number of fused-ring (bicyclic) bond motifs is 1. The summed E-state index contributed by atoms with van der Waals surface area (Å²) in [5.74, 6) is 2.23. The van der Waals surface area contributed by atoms with Gasteiger partial charge in [-0.25, -0.2) is 0 Å². The monoisotopic (exact) mass is 487 g/mol. The number of aryl methyl sites for hydroxylation is 1. The number of anilines is 1. The molecule has 2 atom stereocenters. The number of Topliss-reactive ketones (excluding diaryl/α,β-unsaturated/α-hetero) is 1. The van der Waals surface area contributed by atoms with Crippen molar-refractivity contribution >= 4 is 11.5 Å². The van der Waals surface area contributed by atoms with Crippen molar-refractivity contribution in [3.8, 4) is 0 Å². The highest BCUT2D eigenvalue weighted by Gasteiger charge is 2.40. The lowest BCUT2D eigenvalue weighted by Gasteiger charge is -2.44. The van der Waals surface area contributed by atoms with E-state index in [1.54, 1.807) is 12.5 Å². The summed E-state index contributed by atoms with van der Waals surface area (Å²) in [5.41, 5.74) is 3.73. The minimum Gasteiger partial charge on any atom is -0.456 e. The predicted molar refractivity (Wildman–Crippen MR) is 141 cm³/mol. The average Bonchev–Trinajstić information content (AvgIpc) is 3.50. The molecule has 190 valence electrons. The number of rotatable bonds is 6. The van der Waals surface area contributed by atoms with Crippen LogP contribution in [0.4, 0.5) is 5.69 Å². The fraction of sp³-hybridized carbons (Fsp3) is 0.500. The number of benzene rings is 1. The van der Waals surface area contributed by atoms with Gasteiger partial charge in [0.15, 0.2) is 17.8 Å². The first kappa shape index (κ1) is 23.4. The molecule has 36 heavy (non-hydrogen) atoms. The van der Waals surface area contributed by atoms with Crippen LogP contribution >= 0.6 is 0 Å². The maximum atomic E-state index is 13.9. The number of carbonyl (C=O) groups is 1. The first-order valence-corrected chi connectivity index (χ1v) is 13.7. The number of hydrogen-bond donors (Lipinski definition) is 1. The van der Waals surface area contributed by atoms with Crippen molar-refractivity contribution in [1.82, 2.24) is 9.80 Å². The molecule has 0 aromatic heterocycles. The Morgan fingerprint density at radius 1 is 0.972 bits per heavy atom. The van der Waals surface area contributed by atoms with E-state index >= 15 is 0 Å². The van der Waals surface area contributed by atoms with Crippen LogP contribution in [0.3, 0.4) is 0 Å². The lowest BCUT2D eigenvalue weighted by atomic mass is 9.85. The molecule has 2 aliphatic carbocycles. The molecule has 6 heteroatoms. The molecular formula is C30H37N3O3. The number of piperazine rings is 1. The quantitative estimate of drug-likeness (QED) is 0.601. The SMILES string of the molecule is O=C(C1CCCC1)C(C1CCc2ccccc2N1)N1CCN(C2=COC(C3=CC=CCC3)=CO2)CC1. The lowest BCUT2D eigenvalue weighted by Crippen LogP contribution is -2.59. The fourth-order valence-electron chi connectivity index (χ4n) is 6.40. The minimum absolute atomic E-state index is 0.0705. The number of nitrogens with one attached hydrogen (secondary N) is 1. The number of para-hydroxylation sites is 1. The molecule has 0 radical (unpaired) electrons. The van der Waals surface area contributed by atoms with Gasteiger partial charge in [-0.15, -0.1) is 0 Å². The molecule has 1 saturated heterocycles. The fourth-order valence-corrected chi connectivity index (χ4v) is 6.40. The van der Waals surface area contributed by atoms with Crippen LogP contribution in [0.25, 0.3) is 0 Å². The number of ketones is 1. The van der Waals surface area contributed by atoms with E-state index in [0.29, 0.717) is 5.78 Å². The second-order valence-corrected chi connectivity index (χ2v) is 10.6. The van der Waals surface area contributed by atoms with Crippen LogP contribution in [0.15, 0.2) is 72.2 Å². The van der Waals surface area contributed by atoms with Crippen LogP contribution in [0, 0.1) is 5.92 Å². The Labute approximate surface area is 214 Å². The summed E-state index contributed by atoms with van der Waals surface area (Å²) in [6.07, 6.45) is 18.3. The predicted octanol–water partition coefficient (Wildman–Crippen LogP) is 5.12. The van der Waals surface area contributed by atoms with Crippen molar-refractivity contribution < 1.29 is 14.3 Å². The summed E-state index contributed by atoms with van der Waals surface area (Å²) >= 11 is 0. The Kier molecular flexibility index (Phi) is 6.86. The van der Waals surface area contributed by atoms with Gasteiger partial charge in [-0.05, 0) is 55.7 Å². The maximum absolute atomic E-state index is 13.9. The largest absolute Gasteiger partial charge is 0.456 e. The molecule has 2 unspecified atom stereocenters. The van der Waals surface area contributed by atoms with Gasteiger partial charge in [0.2, 0.25) is 5.88 Å². The molecule has 0 bridgehead atoms. The van der Waals surface area contributed by atoms with E-state index in [2.05, 4.69) is 57.6 Å². The van der Waals surface area contributed by atoms with Crippen molar-refractivity contribution in [2.24, 2.45) is 5.92 Å². The molecule has 1 N–H and O–H groups in total. The number of ether oxygens (including phenoxy) is 2. The Hall–Kier alpha value is -2.99. The van der Waals surface area contributed by atoms with Crippen LogP contribution in [0.2, 0.25) is 0 Å². The van der Waals surface area contributed by atoms with Crippen LogP contribution in [0.5, 0.6) is 0 Å². The van der Waals surface area contributed by atoms with Gasteiger partial charge in [-0.2, -0.15) is 0 Å². The van der Waals surface area contributed by atoms with E-state index < -0.39 is 0 Å². The van der Waals surface area contributed by atoms with Crippen molar-refractivity contribution in [3.05, 3.63) is 77.8 Å². The van der Waals surface area contributed by atoms with Gasteiger partial charge in [-0.1, -0.05) is 49.3 Å². The van der Waals surface area contributed by atoms with E-state index in [0.717, 1.165) is 76.3 Å². The number of nitrogens with zero attached hydrogens (tertiary/aromatic N) is 2. The highest BCUT2D eigenvalue weighted by Crippen LogP contribution is 2.33.